The molecule has 2 unspecified atom stereocenters. The van der Waals surface area contributed by atoms with E-state index in [0.29, 0.717) is 23.4 Å². The first-order valence-electron chi connectivity index (χ1n) is 4.41. The van der Waals surface area contributed by atoms with Crippen LogP contribution >= 0.6 is 11.6 Å². The van der Waals surface area contributed by atoms with E-state index < -0.39 is 23.1 Å². The fraction of sp³-hybridized carbons (Fsp3) is 0.333. The number of nitrogens with one attached hydrogen (secondary N) is 1. The molecule has 0 saturated carbocycles. The summed E-state index contributed by atoms with van der Waals surface area (Å²) in [6.07, 6.45) is 1.21. The molecule has 2 rings (SSSR count). The number of aryl methyl sites for hydroxylation is 1. The van der Waals surface area contributed by atoms with Crippen molar-refractivity contribution in [1.82, 2.24) is 4.72 Å². The van der Waals surface area contributed by atoms with Crippen molar-refractivity contribution in [2.45, 2.75) is 18.9 Å². The first-order chi connectivity index (χ1) is 7.08. The summed E-state index contributed by atoms with van der Waals surface area (Å²) in [5.41, 5.74) is 1.20. The second-order valence-electron chi connectivity index (χ2n) is 3.40. The molecule has 0 amide bonds. The minimum atomic E-state index is -2.38. The van der Waals surface area contributed by atoms with Gasteiger partial charge in [0.05, 0.1) is 0 Å². The monoisotopic (exact) mass is 248 g/mol. The molecule has 15 heavy (non-hydrogen) atoms. The van der Waals surface area contributed by atoms with Gasteiger partial charge in [0, 0.05) is 27.9 Å². The Kier molecular flexibility index (Phi) is 3.06. The topological polar surface area (TPSA) is 52.2 Å². The molecule has 1 aromatic rings. The maximum Gasteiger partial charge on any atom is 0.129 e. The Morgan fingerprint density at radius 1 is 1.60 bits per heavy atom. The zero-order valence-electron chi connectivity index (χ0n) is 7.63. The van der Waals surface area contributed by atoms with Gasteiger partial charge < -0.3 is 4.55 Å². The van der Waals surface area contributed by atoms with Crippen LogP contribution in [0.1, 0.15) is 23.6 Å². The minimum absolute atomic E-state index is 0.343. The molecule has 1 aromatic carbocycles. The molecule has 1 N–H and O–H groups in total. The Morgan fingerprint density at radius 2 is 2.33 bits per heavy atom. The van der Waals surface area contributed by atoms with E-state index in [1.807, 2.05) is 0 Å². The van der Waals surface area contributed by atoms with Crippen LogP contribution < -0.4 is 4.72 Å². The van der Waals surface area contributed by atoms with Gasteiger partial charge in [-0.3, -0.25) is 4.21 Å². The third kappa shape index (κ3) is 2.20. The molecule has 2 atom stereocenters. The third-order valence-corrected chi connectivity index (χ3v) is 3.16. The van der Waals surface area contributed by atoms with Gasteiger partial charge in [0.2, 0.25) is 0 Å². The molecular weight excluding hydrogens is 241 g/mol. The van der Waals surface area contributed by atoms with Crippen molar-refractivity contribution in [3.63, 3.8) is 0 Å². The number of hydrogen-bond donors (Lipinski definition) is 1. The van der Waals surface area contributed by atoms with Crippen LogP contribution in [-0.4, -0.2) is 8.76 Å². The summed E-state index contributed by atoms with van der Waals surface area (Å²) in [6, 6.07) is 2.42. The van der Waals surface area contributed by atoms with Crippen LogP contribution in [0.4, 0.5) is 4.39 Å². The normalized spacial score (nSPS) is 21.4. The highest BCUT2D eigenvalue weighted by Crippen LogP contribution is 2.35. The van der Waals surface area contributed by atoms with E-state index >= 15 is 0 Å². The lowest BCUT2D eigenvalue weighted by atomic mass is 10.1. The Balaban J connectivity index is 2.37. The van der Waals surface area contributed by atoms with Crippen molar-refractivity contribution in [1.29, 1.82) is 0 Å². The maximum atomic E-state index is 13.5. The van der Waals surface area contributed by atoms with Gasteiger partial charge in [-0.2, -0.15) is 0 Å². The largest absolute Gasteiger partial charge is 0.760 e. The van der Waals surface area contributed by atoms with Crippen molar-refractivity contribution in [2.75, 3.05) is 0 Å². The molecule has 0 saturated heterocycles. The molecule has 3 nitrogen and oxygen atoms in total. The number of benzene rings is 1. The van der Waals surface area contributed by atoms with E-state index in [0.717, 1.165) is 5.56 Å². The lowest BCUT2D eigenvalue weighted by molar-refractivity contribution is 0.498. The molecule has 6 heteroatoms. The first kappa shape index (κ1) is 11.0. The van der Waals surface area contributed by atoms with Gasteiger partial charge in [0.1, 0.15) is 5.82 Å². The highest BCUT2D eigenvalue weighted by molar-refractivity contribution is 7.77. The van der Waals surface area contributed by atoms with Crippen molar-refractivity contribution in [2.24, 2.45) is 0 Å². The van der Waals surface area contributed by atoms with Crippen LogP contribution in [0, 0.1) is 5.82 Å². The Morgan fingerprint density at radius 3 is 3.00 bits per heavy atom. The first-order valence-corrected chi connectivity index (χ1v) is 5.86. The van der Waals surface area contributed by atoms with Gasteiger partial charge in [-0.05, 0) is 30.5 Å². The van der Waals surface area contributed by atoms with Crippen molar-refractivity contribution < 1.29 is 13.2 Å². The highest BCUT2D eigenvalue weighted by atomic mass is 35.5. The Labute approximate surface area is 94.1 Å². The predicted molar refractivity (Wildman–Crippen MR) is 54.5 cm³/mol. The van der Waals surface area contributed by atoms with E-state index in [1.54, 1.807) is 6.07 Å². The summed E-state index contributed by atoms with van der Waals surface area (Å²) in [7, 11) is 0. The zero-order valence-corrected chi connectivity index (χ0v) is 9.20. The quantitative estimate of drug-likeness (QED) is 0.812. The molecule has 0 aromatic heterocycles. The van der Waals surface area contributed by atoms with Crippen LogP contribution in [0.3, 0.4) is 0 Å². The zero-order chi connectivity index (χ0) is 11.0. The van der Waals surface area contributed by atoms with E-state index in [2.05, 4.69) is 4.72 Å². The van der Waals surface area contributed by atoms with Crippen LogP contribution in [0.5, 0.6) is 0 Å². The molecule has 0 aliphatic heterocycles. The molecule has 0 spiro atoms. The van der Waals surface area contributed by atoms with Gasteiger partial charge in [0.15, 0.2) is 0 Å². The van der Waals surface area contributed by atoms with Gasteiger partial charge in [-0.1, -0.05) is 11.6 Å². The second-order valence-corrected chi connectivity index (χ2v) is 4.55. The number of rotatable bonds is 2. The van der Waals surface area contributed by atoms with Crippen LogP contribution in [0.2, 0.25) is 5.02 Å². The lowest BCUT2D eigenvalue weighted by Crippen LogP contribution is -2.22. The smallest absolute Gasteiger partial charge is 0.129 e. The summed E-state index contributed by atoms with van der Waals surface area (Å²) in [5.74, 6) is -0.446. The van der Waals surface area contributed by atoms with Gasteiger partial charge in [0.25, 0.3) is 0 Å². The fourth-order valence-corrected chi connectivity index (χ4v) is 2.61. The SMILES string of the molecule is O=S([O-])NC1CCc2cc(Cl)cc(F)c21. The van der Waals surface area contributed by atoms with Crippen molar-refractivity contribution >= 4 is 22.9 Å². The Bertz CT molecular complexity index is 427. The van der Waals surface area contributed by atoms with Gasteiger partial charge >= 0.3 is 0 Å². The molecule has 1 aliphatic rings. The molecule has 1 aliphatic carbocycles. The maximum absolute atomic E-state index is 13.5. The summed E-state index contributed by atoms with van der Waals surface area (Å²) >= 11 is 3.32. The molecule has 0 heterocycles. The van der Waals surface area contributed by atoms with Crippen LogP contribution in [-0.2, 0) is 17.7 Å². The van der Waals surface area contributed by atoms with Crippen LogP contribution in [0.15, 0.2) is 12.1 Å². The Hall–Kier alpha value is -0.490. The van der Waals surface area contributed by atoms with Crippen LogP contribution in [0.25, 0.3) is 0 Å². The van der Waals surface area contributed by atoms with E-state index in [9.17, 15) is 13.2 Å². The third-order valence-electron chi connectivity index (χ3n) is 2.47. The molecule has 0 radical (unpaired) electrons. The standard InChI is InChI=1S/C9H9ClFNO2S/c10-6-3-5-1-2-8(12-15(13)14)9(5)7(11)4-6/h3-4,8,12H,1-2H2,(H,13,14)/p-1. The molecular formula is C9H8ClFNO2S-. The fourth-order valence-electron chi connectivity index (χ4n) is 1.91. The number of halogens is 2. The average molecular weight is 249 g/mol. The summed E-state index contributed by atoms with van der Waals surface area (Å²) in [4.78, 5) is 0. The van der Waals surface area contributed by atoms with Gasteiger partial charge in [-0.15, -0.1) is 0 Å². The van der Waals surface area contributed by atoms with Gasteiger partial charge in [-0.25, -0.2) is 9.11 Å². The summed E-state index contributed by atoms with van der Waals surface area (Å²) in [6.45, 7) is 0. The number of fused-ring (bicyclic) bond motifs is 1. The minimum Gasteiger partial charge on any atom is -0.760 e. The predicted octanol–water partition coefficient (Wildman–Crippen LogP) is 1.85. The second kappa shape index (κ2) is 4.17. The molecule has 82 valence electrons. The highest BCUT2D eigenvalue weighted by Gasteiger charge is 2.26. The van der Waals surface area contributed by atoms with Crippen molar-refractivity contribution in [3.8, 4) is 0 Å². The van der Waals surface area contributed by atoms with E-state index in [4.69, 9.17) is 11.6 Å². The van der Waals surface area contributed by atoms with E-state index in [1.165, 1.54) is 6.07 Å². The molecule has 0 fully saturated rings. The average Bonchev–Trinajstić information content (AvgIpc) is 2.46. The summed E-state index contributed by atoms with van der Waals surface area (Å²) in [5, 5.41) is 0.343. The van der Waals surface area contributed by atoms with Crippen molar-refractivity contribution in [3.05, 3.63) is 34.1 Å². The molecule has 0 bridgehead atoms. The lowest BCUT2D eigenvalue weighted by Gasteiger charge is -2.16. The van der Waals surface area contributed by atoms with E-state index in [-0.39, 0.29) is 0 Å². The number of hydrogen-bond acceptors (Lipinski definition) is 2. The summed E-state index contributed by atoms with van der Waals surface area (Å²) < 4.78 is 36.8.